The van der Waals surface area contributed by atoms with E-state index in [9.17, 15) is 0 Å². The average Bonchev–Trinajstić information content (AvgIpc) is 2.63. The summed E-state index contributed by atoms with van der Waals surface area (Å²) in [4.78, 5) is 8.48. The Kier molecular flexibility index (Phi) is 4.23. The van der Waals surface area contributed by atoms with Gasteiger partial charge >= 0.3 is 0 Å². The fraction of sp³-hybridized carbons (Fsp3) is 0.364. The first kappa shape index (κ1) is 13.4. The number of anilines is 1. The van der Waals surface area contributed by atoms with Gasteiger partial charge in [0.05, 0.1) is 10.2 Å². The molecule has 0 aliphatic heterocycles. The van der Waals surface area contributed by atoms with E-state index in [0.717, 1.165) is 32.6 Å². The molecule has 0 saturated carbocycles. The third kappa shape index (κ3) is 2.84. The van der Waals surface area contributed by atoms with Gasteiger partial charge in [0.2, 0.25) is 0 Å². The number of halogens is 1. The summed E-state index contributed by atoms with van der Waals surface area (Å²) >= 11 is 5.10. The predicted octanol–water partition coefficient (Wildman–Crippen LogP) is 2.86. The van der Waals surface area contributed by atoms with Gasteiger partial charge in [0.25, 0.3) is 0 Å². The van der Waals surface area contributed by atoms with Gasteiger partial charge in [-0.1, -0.05) is 0 Å². The molecule has 96 valence electrons. The zero-order valence-corrected chi connectivity index (χ0v) is 12.8. The van der Waals surface area contributed by atoms with E-state index in [4.69, 9.17) is 0 Å². The van der Waals surface area contributed by atoms with Crippen molar-refractivity contribution >= 4 is 33.5 Å². The Morgan fingerprint density at radius 3 is 2.83 bits per heavy atom. The Morgan fingerprint density at radius 2 is 2.22 bits per heavy atom. The van der Waals surface area contributed by atoms with Gasteiger partial charge in [0.15, 0.2) is 0 Å². The molecule has 0 unspecified atom stereocenters. The molecule has 0 aromatic carbocycles. The molecule has 1 N–H and O–H groups in total. The van der Waals surface area contributed by atoms with Gasteiger partial charge in [-0.2, -0.15) is 5.10 Å². The van der Waals surface area contributed by atoms with Gasteiger partial charge in [0, 0.05) is 13.6 Å². The van der Waals surface area contributed by atoms with E-state index in [-0.39, 0.29) is 0 Å². The van der Waals surface area contributed by atoms with E-state index in [1.165, 1.54) is 0 Å². The minimum atomic E-state index is 0.814. The first-order valence-electron chi connectivity index (χ1n) is 5.54. The number of aromatic nitrogens is 4. The van der Waals surface area contributed by atoms with Gasteiger partial charge in [-0.15, -0.1) is 0 Å². The van der Waals surface area contributed by atoms with Crippen molar-refractivity contribution in [1.29, 1.82) is 0 Å². The van der Waals surface area contributed by atoms with Crippen molar-refractivity contribution in [1.82, 2.24) is 19.7 Å². The topological polar surface area (TPSA) is 55.6 Å². The molecule has 18 heavy (non-hydrogen) atoms. The lowest BCUT2D eigenvalue weighted by Gasteiger charge is -2.08. The number of nitrogens with one attached hydrogen (secondary N) is 1. The first-order valence-corrected chi connectivity index (χ1v) is 7.15. The lowest BCUT2D eigenvalue weighted by Crippen LogP contribution is -2.02. The van der Waals surface area contributed by atoms with Crippen LogP contribution in [0.5, 0.6) is 0 Å². The summed E-state index contributed by atoms with van der Waals surface area (Å²) in [6, 6.07) is 2.03. The van der Waals surface area contributed by atoms with E-state index in [1.807, 2.05) is 31.6 Å². The second kappa shape index (κ2) is 5.71. The van der Waals surface area contributed by atoms with Gasteiger partial charge in [-0.25, -0.2) is 9.97 Å². The minimum absolute atomic E-state index is 0.814. The third-order valence-electron chi connectivity index (χ3n) is 2.26. The SMILES string of the molecule is CCNc1ncnc(Sc2cc(C)nn2C)c1Br. The second-order valence-electron chi connectivity index (χ2n) is 3.72. The molecule has 0 fully saturated rings. The molecular formula is C11H14BrN5S. The number of hydrogen-bond acceptors (Lipinski definition) is 5. The Balaban J connectivity index is 2.29. The fourth-order valence-electron chi connectivity index (χ4n) is 1.50. The molecule has 2 rings (SSSR count). The summed E-state index contributed by atoms with van der Waals surface area (Å²) in [6.07, 6.45) is 1.56. The molecular weight excluding hydrogens is 314 g/mol. The Morgan fingerprint density at radius 1 is 1.44 bits per heavy atom. The van der Waals surface area contributed by atoms with Crippen LogP contribution in [0.15, 0.2) is 26.9 Å². The number of hydrogen-bond donors (Lipinski definition) is 1. The predicted molar refractivity (Wildman–Crippen MR) is 76.0 cm³/mol. The molecule has 0 amide bonds. The molecule has 0 aliphatic rings. The summed E-state index contributed by atoms with van der Waals surface area (Å²) in [6.45, 7) is 4.83. The molecule has 0 atom stereocenters. The summed E-state index contributed by atoms with van der Waals surface area (Å²) < 4.78 is 2.73. The van der Waals surface area contributed by atoms with Crippen molar-refractivity contribution in [3.8, 4) is 0 Å². The van der Waals surface area contributed by atoms with Crippen LogP contribution in [0.2, 0.25) is 0 Å². The van der Waals surface area contributed by atoms with Crippen LogP contribution in [0.4, 0.5) is 5.82 Å². The molecule has 5 nitrogen and oxygen atoms in total. The number of nitrogens with zero attached hydrogens (tertiary/aromatic N) is 4. The quantitative estimate of drug-likeness (QED) is 0.875. The zero-order chi connectivity index (χ0) is 13.1. The van der Waals surface area contributed by atoms with Crippen LogP contribution in [0.1, 0.15) is 12.6 Å². The Hall–Kier alpha value is -1.08. The van der Waals surface area contributed by atoms with E-state index >= 15 is 0 Å². The van der Waals surface area contributed by atoms with Crippen LogP contribution in [0.3, 0.4) is 0 Å². The maximum atomic E-state index is 4.32. The molecule has 7 heteroatoms. The second-order valence-corrected chi connectivity index (χ2v) is 5.52. The molecule has 2 heterocycles. The molecule has 0 aliphatic carbocycles. The summed E-state index contributed by atoms with van der Waals surface area (Å²) in [5, 5.41) is 9.43. The van der Waals surface area contributed by atoms with E-state index < -0.39 is 0 Å². The van der Waals surface area contributed by atoms with Crippen LogP contribution < -0.4 is 5.32 Å². The van der Waals surface area contributed by atoms with E-state index in [0.29, 0.717) is 0 Å². The maximum absolute atomic E-state index is 4.32. The molecule has 0 spiro atoms. The maximum Gasteiger partial charge on any atom is 0.144 e. The van der Waals surface area contributed by atoms with E-state index in [2.05, 4.69) is 36.3 Å². The summed E-state index contributed by atoms with van der Waals surface area (Å²) in [5.41, 5.74) is 0.997. The lowest BCUT2D eigenvalue weighted by molar-refractivity contribution is 0.692. The van der Waals surface area contributed by atoms with Crippen LogP contribution in [-0.2, 0) is 7.05 Å². The van der Waals surface area contributed by atoms with Gasteiger partial charge < -0.3 is 5.32 Å². The highest BCUT2D eigenvalue weighted by molar-refractivity contribution is 9.10. The standard InChI is InChI=1S/C11H14BrN5S/c1-4-13-10-9(12)11(15-6-14-10)18-8-5-7(2)16-17(8)3/h5-6H,4H2,1-3H3,(H,13,14,15). The monoisotopic (exact) mass is 327 g/mol. The average molecular weight is 328 g/mol. The third-order valence-corrected chi connectivity index (χ3v) is 4.37. The summed E-state index contributed by atoms with van der Waals surface area (Å²) in [7, 11) is 1.93. The number of aryl methyl sites for hydroxylation is 2. The van der Waals surface area contributed by atoms with E-state index in [1.54, 1.807) is 18.1 Å². The largest absolute Gasteiger partial charge is 0.369 e. The van der Waals surface area contributed by atoms with Crippen molar-refractivity contribution in [3.05, 3.63) is 22.6 Å². The van der Waals surface area contributed by atoms with Crippen molar-refractivity contribution < 1.29 is 0 Å². The Bertz CT molecular complexity index is 554. The van der Waals surface area contributed by atoms with Crippen LogP contribution >= 0.6 is 27.7 Å². The van der Waals surface area contributed by atoms with Crippen molar-refractivity contribution in [3.63, 3.8) is 0 Å². The highest BCUT2D eigenvalue weighted by atomic mass is 79.9. The molecule has 0 saturated heterocycles. The highest BCUT2D eigenvalue weighted by Gasteiger charge is 2.12. The summed E-state index contributed by atoms with van der Waals surface area (Å²) in [5.74, 6) is 0.814. The van der Waals surface area contributed by atoms with Crippen molar-refractivity contribution in [2.75, 3.05) is 11.9 Å². The molecule has 2 aromatic rings. The van der Waals surface area contributed by atoms with Crippen LogP contribution in [0, 0.1) is 6.92 Å². The van der Waals surface area contributed by atoms with Gasteiger partial charge in [0.1, 0.15) is 22.2 Å². The molecule has 0 bridgehead atoms. The lowest BCUT2D eigenvalue weighted by atomic mass is 10.5. The fourth-order valence-corrected chi connectivity index (χ4v) is 2.97. The zero-order valence-electron chi connectivity index (χ0n) is 10.4. The highest BCUT2D eigenvalue weighted by Crippen LogP contribution is 2.34. The molecule has 2 aromatic heterocycles. The smallest absolute Gasteiger partial charge is 0.144 e. The normalized spacial score (nSPS) is 10.7. The molecule has 0 radical (unpaired) electrons. The minimum Gasteiger partial charge on any atom is -0.369 e. The number of rotatable bonds is 4. The van der Waals surface area contributed by atoms with Crippen molar-refractivity contribution in [2.45, 2.75) is 23.9 Å². The van der Waals surface area contributed by atoms with Crippen LogP contribution in [0.25, 0.3) is 0 Å². The van der Waals surface area contributed by atoms with Crippen molar-refractivity contribution in [2.24, 2.45) is 7.05 Å². The first-order chi connectivity index (χ1) is 8.61. The Labute approximate surface area is 119 Å². The van der Waals surface area contributed by atoms with Crippen LogP contribution in [-0.4, -0.2) is 26.3 Å². The van der Waals surface area contributed by atoms with Gasteiger partial charge in [-0.3, -0.25) is 4.68 Å². The van der Waals surface area contributed by atoms with Gasteiger partial charge in [-0.05, 0) is 47.6 Å².